The lowest BCUT2D eigenvalue weighted by atomic mass is 9.88. The molecule has 3 nitrogen and oxygen atoms in total. The second kappa shape index (κ2) is 2.72. The second-order valence-corrected chi connectivity index (χ2v) is 4.23. The molecular weight excluding hydrogens is 188 g/mol. The Morgan fingerprint density at radius 1 is 1.54 bits per heavy atom. The minimum absolute atomic E-state index is 0.262. The molecule has 0 aliphatic carbocycles. The first-order valence-corrected chi connectivity index (χ1v) is 5.08. The summed E-state index contributed by atoms with van der Waals surface area (Å²) in [6.07, 6.45) is 5.50. The van der Waals surface area contributed by atoms with Gasteiger partial charge < -0.3 is 9.73 Å². The van der Waals surface area contributed by atoms with Crippen LogP contribution < -0.4 is 5.32 Å². The van der Waals surface area contributed by atoms with Crippen molar-refractivity contribution < 1.29 is 4.42 Å². The summed E-state index contributed by atoms with van der Waals surface area (Å²) in [5.74, 6) is 1.45. The summed E-state index contributed by atoms with van der Waals surface area (Å²) in [4.78, 5) is 3.92. The standard InChI is InChI=1S/C9H11ClN2O/c10-9-11-4-8(13-9)6-3-5-1-2-7(6)12-5/h4-7,12H,1-3H2. The third-order valence-corrected chi connectivity index (χ3v) is 3.34. The van der Waals surface area contributed by atoms with E-state index in [4.69, 9.17) is 16.0 Å². The fourth-order valence-corrected chi connectivity index (χ4v) is 2.71. The summed E-state index contributed by atoms with van der Waals surface area (Å²) in [5, 5.41) is 3.82. The molecule has 0 aromatic carbocycles. The summed E-state index contributed by atoms with van der Waals surface area (Å²) in [6.45, 7) is 0. The van der Waals surface area contributed by atoms with Crippen molar-refractivity contribution in [1.82, 2.24) is 10.3 Å². The lowest BCUT2D eigenvalue weighted by Gasteiger charge is -2.16. The number of nitrogens with zero attached hydrogens (tertiary/aromatic N) is 1. The van der Waals surface area contributed by atoms with Gasteiger partial charge in [0.25, 0.3) is 5.35 Å². The molecule has 1 N–H and O–H groups in total. The van der Waals surface area contributed by atoms with Crippen LogP contribution in [0.3, 0.4) is 0 Å². The van der Waals surface area contributed by atoms with Crippen molar-refractivity contribution in [3.8, 4) is 0 Å². The number of hydrogen-bond acceptors (Lipinski definition) is 3. The second-order valence-electron chi connectivity index (χ2n) is 3.91. The molecule has 2 aliphatic rings. The summed E-state index contributed by atoms with van der Waals surface area (Å²) in [7, 11) is 0. The third kappa shape index (κ3) is 1.18. The topological polar surface area (TPSA) is 38.1 Å². The maximum Gasteiger partial charge on any atom is 0.292 e. The molecule has 3 heterocycles. The van der Waals surface area contributed by atoms with Crippen LogP contribution in [-0.2, 0) is 0 Å². The highest BCUT2D eigenvalue weighted by Gasteiger charge is 2.41. The van der Waals surface area contributed by atoms with E-state index in [0.717, 1.165) is 5.76 Å². The smallest absolute Gasteiger partial charge is 0.292 e. The number of nitrogens with one attached hydrogen (secondary N) is 1. The number of oxazole rings is 1. The SMILES string of the molecule is Clc1ncc(C2CC3CCC2N3)o1. The normalized spacial score (nSPS) is 37.2. The zero-order chi connectivity index (χ0) is 8.84. The first kappa shape index (κ1) is 7.83. The van der Waals surface area contributed by atoms with E-state index in [0.29, 0.717) is 18.0 Å². The molecule has 3 rings (SSSR count). The van der Waals surface area contributed by atoms with E-state index in [1.165, 1.54) is 19.3 Å². The van der Waals surface area contributed by atoms with Crippen LogP contribution in [-0.4, -0.2) is 17.1 Å². The Balaban J connectivity index is 1.87. The highest BCUT2D eigenvalue weighted by Crippen LogP contribution is 2.40. The maximum atomic E-state index is 5.64. The van der Waals surface area contributed by atoms with Gasteiger partial charge in [0, 0.05) is 18.0 Å². The fraction of sp³-hybridized carbons (Fsp3) is 0.667. The van der Waals surface area contributed by atoms with Crippen LogP contribution in [0.1, 0.15) is 30.9 Å². The Kier molecular flexibility index (Phi) is 1.64. The molecule has 0 saturated carbocycles. The van der Waals surface area contributed by atoms with E-state index in [-0.39, 0.29) is 5.35 Å². The van der Waals surface area contributed by atoms with Gasteiger partial charge in [-0.2, -0.15) is 0 Å². The summed E-state index contributed by atoms with van der Waals surface area (Å²) >= 11 is 5.64. The highest BCUT2D eigenvalue weighted by atomic mass is 35.5. The average molecular weight is 199 g/mol. The molecule has 2 fully saturated rings. The lowest BCUT2D eigenvalue weighted by Crippen LogP contribution is -2.21. The minimum atomic E-state index is 0.262. The molecule has 3 unspecified atom stereocenters. The molecule has 1 aromatic heterocycles. The van der Waals surface area contributed by atoms with Crippen molar-refractivity contribution in [2.45, 2.75) is 37.3 Å². The van der Waals surface area contributed by atoms with Crippen LogP contribution in [0.15, 0.2) is 10.6 Å². The van der Waals surface area contributed by atoms with Crippen LogP contribution in [0.5, 0.6) is 0 Å². The Morgan fingerprint density at radius 2 is 2.46 bits per heavy atom. The average Bonchev–Trinajstić information content (AvgIpc) is 2.77. The first-order chi connectivity index (χ1) is 6.33. The molecule has 2 saturated heterocycles. The van der Waals surface area contributed by atoms with Crippen molar-refractivity contribution >= 4 is 11.6 Å². The number of halogens is 1. The predicted molar refractivity (Wildman–Crippen MR) is 48.8 cm³/mol. The molecule has 2 aliphatic heterocycles. The van der Waals surface area contributed by atoms with Gasteiger partial charge >= 0.3 is 0 Å². The minimum Gasteiger partial charge on any atom is -0.432 e. The molecule has 70 valence electrons. The van der Waals surface area contributed by atoms with Gasteiger partial charge in [0.15, 0.2) is 0 Å². The van der Waals surface area contributed by atoms with Gasteiger partial charge in [-0.25, -0.2) is 4.98 Å². The molecule has 3 atom stereocenters. The Labute approximate surface area is 81.5 Å². The van der Waals surface area contributed by atoms with Gasteiger partial charge in [0.2, 0.25) is 0 Å². The Bertz CT molecular complexity index is 325. The zero-order valence-corrected chi connectivity index (χ0v) is 7.92. The van der Waals surface area contributed by atoms with Gasteiger partial charge in [0.05, 0.1) is 6.20 Å². The number of hydrogen-bond donors (Lipinski definition) is 1. The fourth-order valence-electron chi connectivity index (χ4n) is 2.57. The van der Waals surface area contributed by atoms with Crippen molar-refractivity contribution in [3.05, 3.63) is 17.3 Å². The van der Waals surface area contributed by atoms with E-state index < -0.39 is 0 Å². The van der Waals surface area contributed by atoms with Crippen molar-refractivity contribution in [1.29, 1.82) is 0 Å². The van der Waals surface area contributed by atoms with E-state index in [9.17, 15) is 0 Å². The number of fused-ring (bicyclic) bond motifs is 2. The molecule has 1 aromatic rings. The molecule has 13 heavy (non-hydrogen) atoms. The van der Waals surface area contributed by atoms with Crippen LogP contribution in [0.2, 0.25) is 5.35 Å². The van der Waals surface area contributed by atoms with Crippen molar-refractivity contribution in [3.63, 3.8) is 0 Å². The molecule has 0 radical (unpaired) electrons. The molecule has 0 spiro atoms. The van der Waals surface area contributed by atoms with Crippen LogP contribution >= 0.6 is 11.6 Å². The largest absolute Gasteiger partial charge is 0.432 e. The predicted octanol–water partition coefficient (Wildman–Crippen LogP) is 1.94. The van der Waals surface area contributed by atoms with Gasteiger partial charge in [-0.15, -0.1) is 0 Å². The van der Waals surface area contributed by atoms with Crippen LogP contribution in [0, 0.1) is 0 Å². The third-order valence-electron chi connectivity index (χ3n) is 3.16. The molecular formula is C9H11ClN2O. The van der Waals surface area contributed by atoms with Gasteiger partial charge in [0.1, 0.15) is 5.76 Å². The Morgan fingerprint density at radius 3 is 3.00 bits per heavy atom. The first-order valence-electron chi connectivity index (χ1n) is 4.70. The quantitative estimate of drug-likeness (QED) is 0.750. The van der Waals surface area contributed by atoms with E-state index in [2.05, 4.69) is 10.3 Å². The van der Waals surface area contributed by atoms with Gasteiger partial charge in [-0.1, -0.05) is 0 Å². The summed E-state index contributed by atoms with van der Waals surface area (Å²) in [6, 6.07) is 1.29. The molecule has 0 amide bonds. The summed E-state index contributed by atoms with van der Waals surface area (Å²) in [5.41, 5.74) is 0. The zero-order valence-electron chi connectivity index (χ0n) is 7.16. The number of aromatic nitrogens is 1. The van der Waals surface area contributed by atoms with Gasteiger partial charge in [-0.05, 0) is 30.9 Å². The Hall–Kier alpha value is -0.540. The summed E-state index contributed by atoms with van der Waals surface area (Å²) < 4.78 is 5.33. The van der Waals surface area contributed by atoms with Crippen LogP contribution in [0.4, 0.5) is 0 Å². The van der Waals surface area contributed by atoms with E-state index in [1.54, 1.807) is 6.20 Å². The monoisotopic (exact) mass is 198 g/mol. The maximum absolute atomic E-state index is 5.64. The number of rotatable bonds is 1. The lowest BCUT2D eigenvalue weighted by molar-refractivity contribution is 0.407. The van der Waals surface area contributed by atoms with Gasteiger partial charge in [-0.3, -0.25) is 0 Å². The van der Waals surface area contributed by atoms with E-state index >= 15 is 0 Å². The van der Waals surface area contributed by atoms with Crippen LogP contribution in [0.25, 0.3) is 0 Å². The molecule has 4 heteroatoms. The molecule has 2 bridgehead atoms. The van der Waals surface area contributed by atoms with E-state index in [1.807, 2.05) is 0 Å². The van der Waals surface area contributed by atoms with Crippen molar-refractivity contribution in [2.75, 3.05) is 0 Å². The van der Waals surface area contributed by atoms with Crippen molar-refractivity contribution in [2.24, 2.45) is 0 Å². The highest BCUT2D eigenvalue weighted by molar-refractivity contribution is 6.27.